The normalized spacial score (nSPS) is 10.5. The van der Waals surface area contributed by atoms with Gasteiger partial charge in [-0.1, -0.05) is 20.8 Å². The molecule has 0 fully saturated rings. The van der Waals surface area contributed by atoms with Crippen LogP contribution in [0.3, 0.4) is 0 Å². The predicted octanol–water partition coefficient (Wildman–Crippen LogP) is 2.61. The molecule has 1 aromatic rings. The van der Waals surface area contributed by atoms with Crippen LogP contribution < -0.4 is 16.0 Å². The van der Waals surface area contributed by atoms with Crippen LogP contribution in [0.2, 0.25) is 0 Å². The van der Waals surface area contributed by atoms with E-state index in [0.29, 0.717) is 18.9 Å². The van der Waals surface area contributed by atoms with Gasteiger partial charge in [0, 0.05) is 17.8 Å². The van der Waals surface area contributed by atoms with E-state index >= 15 is 0 Å². The highest BCUT2D eigenvalue weighted by Gasteiger charge is 2.06. The van der Waals surface area contributed by atoms with E-state index in [-0.39, 0.29) is 11.8 Å². The highest BCUT2D eigenvalue weighted by molar-refractivity contribution is 5.93. The summed E-state index contributed by atoms with van der Waals surface area (Å²) in [6, 6.07) is 7.13. The molecule has 0 saturated carbocycles. The van der Waals surface area contributed by atoms with Crippen LogP contribution in [-0.4, -0.2) is 24.9 Å². The van der Waals surface area contributed by atoms with E-state index < -0.39 is 0 Å². The predicted molar refractivity (Wildman–Crippen MR) is 86.3 cm³/mol. The molecule has 0 radical (unpaired) electrons. The first-order valence-corrected chi connectivity index (χ1v) is 7.41. The molecule has 0 aliphatic rings. The Morgan fingerprint density at radius 3 is 2.00 bits per heavy atom. The first kappa shape index (κ1) is 17.2. The molecule has 2 amide bonds. The number of carbonyl (C=O) groups excluding carboxylic acids is 2. The molecule has 0 aliphatic heterocycles. The van der Waals surface area contributed by atoms with Crippen molar-refractivity contribution in [2.45, 2.75) is 33.6 Å². The fourth-order valence-corrected chi connectivity index (χ4v) is 1.80. The van der Waals surface area contributed by atoms with Crippen LogP contribution in [0.1, 0.15) is 33.6 Å². The van der Waals surface area contributed by atoms with E-state index in [0.717, 1.165) is 24.3 Å². The first-order chi connectivity index (χ1) is 10.0. The van der Waals surface area contributed by atoms with Crippen molar-refractivity contribution in [2.24, 2.45) is 5.92 Å². The van der Waals surface area contributed by atoms with Crippen LogP contribution in [0.4, 0.5) is 11.4 Å². The lowest BCUT2D eigenvalue weighted by atomic mass is 10.1. The van der Waals surface area contributed by atoms with Gasteiger partial charge in [-0.05, 0) is 43.1 Å². The van der Waals surface area contributed by atoms with Gasteiger partial charge in [-0.25, -0.2) is 0 Å². The Morgan fingerprint density at radius 1 is 1.00 bits per heavy atom. The van der Waals surface area contributed by atoms with Gasteiger partial charge in [0.1, 0.15) is 0 Å². The van der Waals surface area contributed by atoms with E-state index in [1.54, 1.807) is 24.3 Å². The summed E-state index contributed by atoms with van der Waals surface area (Å²) in [5.41, 5.74) is 1.46. The molecule has 0 unspecified atom stereocenters. The van der Waals surface area contributed by atoms with E-state index in [1.807, 2.05) is 13.8 Å². The molecule has 0 heterocycles. The standard InChI is InChI=1S/C16H25N3O2/c1-4-9-17-11-16(21)19-14-7-5-13(6-8-14)18-15(20)10-12(2)3/h5-8,12,17H,4,9-11H2,1-3H3,(H,18,20)(H,19,21). The van der Waals surface area contributed by atoms with Crippen LogP contribution in [0.25, 0.3) is 0 Å². The van der Waals surface area contributed by atoms with Crippen molar-refractivity contribution in [3.63, 3.8) is 0 Å². The zero-order valence-corrected chi connectivity index (χ0v) is 13.0. The monoisotopic (exact) mass is 291 g/mol. The maximum absolute atomic E-state index is 11.6. The third-order valence-electron chi connectivity index (χ3n) is 2.76. The van der Waals surface area contributed by atoms with Crippen molar-refractivity contribution in [1.29, 1.82) is 0 Å². The van der Waals surface area contributed by atoms with Gasteiger partial charge in [0.15, 0.2) is 0 Å². The minimum absolute atomic E-state index is 0.00514. The Morgan fingerprint density at radius 2 is 1.52 bits per heavy atom. The lowest BCUT2D eigenvalue weighted by molar-refractivity contribution is -0.117. The van der Waals surface area contributed by atoms with Crippen molar-refractivity contribution in [3.8, 4) is 0 Å². The van der Waals surface area contributed by atoms with Gasteiger partial charge in [0.2, 0.25) is 11.8 Å². The zero-order valence-electron chi connectivity index (χ0n) is 13.0. The second-order valence-electron chi connectivity index (χ2n) is 5.45. The topological polar surface area (TPSA) is 70.2 Å². The Labute approximate surface area is 126 Å². The number of nitrogens with one attached hydrogen (secondary N) is 3. The Hall–Kier alpha value is -1.88. The SMILES string of the molecule is CCCNCC(=O)Nc1ccc(NC(=O)CC(C)C)cc1. The van der Waals surface area contributed by atoms with E-state index in [4.69, 9.17) is 0 Å². The third kappa shape index (κ3) is 7.46. The van der Waals surface area contributed by atoms with Gasteiger partial charge in [-0.2, -0.15) is 0 Å². The first-order valence-electron chi connectivity index (χ1n) is 7.41. The van der Waals surface area contributed by atoms with Crippen molar-refractivity contribution in [1.82, 2.24) is 5.32 Å². The molecule has 0 atom stereocenters. The van der Waals surface area contributed by atoms with Gasteiger partial charge in [-0.15, -0.1) is 0 Å². The number of hydrogen-bond donors (Lipinski definition) is 3. The number of amides is 2. The summed E-state index contributed by atoms with van der Waals surface area (Å²) >= 11 is 0. The van der Waals surface area contributed by atoms with E-state index in [2.05, 4.69) is 22.9 Å². The maximum Gasteiger partial charge on any atom is 0.238 e. The molecule has 0 bridgehead atoms. The number of benzene rings is 1. The lowest BCUT2D eigenvalue weighted by Gasteiger charge is -2.09. The summed E-state index contributed by atoms with van der Waals surface area (Å²) in [4.78, 5) is 23.3. The molecule has 0 aliphatic carbocycles. The average molecular weight is 291 g/mol. The van der Waals surface area contributed by atoms with E-state index in [1.165, 1.54) is 0 Å². The van der Waals surface area contributed by atoms with E-state index in [9.17, 15) is 9.59 Å². The van der Waals surface area contributed by atoms with Gasteiger partial charge >= 0.3 is 0 Å². The average Bonchev–Trinajstić information content (AvgIpc) is 2.40. The van der Waals surface area contributed by atoms with Gasteiger partial charge in [-0.3, -0.25) is 9.59 Å². The number of carbonyl (C=O) groups is 2. The third-order valence-corrected chi connectivity index (χ3v) is 2.76. The number of rotatable bonds is 8. The second kappa shape index (κ2) is 9.13. The summed E-state index contributed by atoms with van der Waals surface area (Å²) in [6.07, 6.45) is 1.50. The van der Waals surface area contributed by atoms with Crippen LogP contribution >= 0.6 is 0 Å². The second-order valence-corrected chi connectivity index (χ2v) is 5.45. The summed E-state index contributed by atoms with van der Waals surface area (Å²) in [6.45, 7) is 7.20. The molecular formula is C16H25N3O2. The maximum atomic E-state index is 11.6. The minimum Gasteiger partial charge on any atom is -0.326 e. The van der Waals surface area contributed by atoms with Crippen molar-refractivity contribution < 1.29 is 9.59 Å². The summed E-state index contributed by atoms with van der Waals surface area (Å²) in [5, 5.41) is 8.67. The van der Waals surface area contributed by atoms with Crippen molar-refractivity contribution >= 4 is 23.2 Å². The van der Waals surface area contributed by atoms with Crippen LogP contribution in [0.15, 0.2) is 24.3 Å². The number of anilines is 2. The van der Waals surface area contributed by atoms with Crippen LogP contribution in [0, 0.1) is 5.92 Å². The van der Waals surface area contributed by atoms with Gasteiger partial charge < -0.3 is 16.0 Å². The summed E-state index contributed by atoms with van der Waals surface area (Å²) < 4.78 is 0. The summed E-state index contributed by atoms with van der Waals surface area (Å²) in [7, 11) is 0. The highest BCUT2D eigenvalue weighted by atomic mass is 16.2. The Bertz CT molecular complexity index is 455. The highest BCUT2D eigenvalue weighted by Crippen LogP contribution is 2.14. The Kier molecular flexibility index (Phi) is 7.46. The molecule has 0 spiro atoms. The lowest BCUT2D eigenvalue weighted by Crippen LogP contribution is -2.28. The molecule has 5 nitrogen and oxygen atoms in total. The molecule has 21 heavy (non-hydrogen) atoms. The van der Waals surface area contributed by atoms with Crippen LogP contribution in [0.5, 0.6) is 0 Å². The number of hydrogen-bond acceptors (Lipinski definition) is 3. The minimum atomic E-state index is -0.0694. The fourth-order valence-electron chi connectivity index (χ4n) is 1.80. The molecule has 3 N–H and O–H groups in total. The molecule has 0 aromatic heterocycles. The molecule has 1 aromatic carbocycles. The molecular weight excluding hydrogens is 266 g/mol. The molecule has 0 saturated heterocycles. The van der Waals surface area contributed by atoms with Gasteiger partial charge in [0.05, 0.1) is 6.54 Å². The quantitative estimate of drug-likeness (QED) is 0.645. The van der Waals surface area contributed by atoms with Crippen LogP contribution in [-0.2, 0) is 9.59 Å². The smallest absolute Gasteiger partial charge is 0.238 e. The largest absolute Gasteiger partial charge is 0.326 e. The Balaban J connectivity index is 2.43. The van der Waals surface area contributed by atoms with Crippen molar-refractivity contribution in [3.05, 3.63) is 24.3 Å². The fraction of sp³-hybridized carbons (Fsp3) is 0.500. The molecule has 1 rings (SSSR count). The van der Waals surface area contributed by atoms with Crippen molar-refractivity contribution in [2.75, 3.05) is 23.7 Å². The molecule has 116 valence electrons. The van der Waals surface area contributed by atoms with Gasteiger partial charge in [0.25, 0.3) is 0 Å². The zero-order chi connectivity index (χ0) is 15.7. The summed E-state index contributed by atoms with van der Waals surface area (Å²) in [5.74, 6) is 0.268. The molecule has 5 heteroatoms.